The normalized spacial score (nSPS) is 22.4. The van der Waals surface area contributed by atoms with Gasteiger partial charge >= 0.3 is 0 Å². The quantitative estimate of drug-likeness (QED) is 0.766. The monoisotopic (exact) mass is 405 g/mol. The summed E-state index contributed by atoms with van der Waals surface area (Å²) in [6, 6.07) is 5.56. The van der Waals surface area contributed by atoms with Crippen LogP contribution in [0.25, 0.3) is 0 Å². The number of aryl methyl sites for hydroxylation is 2. The fourth-order valence-electron chi connectivity index (χ4n) is 4.55. The highest BCUT2D eigenvalue weighted by Gasteiger charge is 2.31. The van der Waals surface area contributed by atoms with Gasteiger partial charge < -0.3 is 4.90 Å². The second-order valence-electron chi connectivity index (χ2n) is 8.53. The third-order valence-electron chi connectivity index (χ3n) is 6.53. The van der Waals surface area contributed by atoms with Gasteiger partial charge in [0.15, 0.2) is 0 Å². The van der Waals surface area contributed by atoms with Crippen LogP contribution in [-0.2, 0) is 27.7 Å². The van der Waals surface area contributed by atoms with Crippen LogP contribution < -0.4 is 0 Å². The SMILES string of the molecule is CC1CCN(CC(=O)N2CCN(S(=O)(=O)c3ccc4c(c3)CCC4)CC2)CC1. The fraction of sp³-hybridized carbons (Fsp3) is 0.667. The molecule has 1 aromatic carbocycles. The molecule has 2 aliphatic heterocycles. The number of amides is 1. The minimum Gasteiger partial charge on any atom is -0.339 e. The van der Waals surface area contributed by atoms with Crippen LogP contribution in [0.1, 0.15) is 37.3 Å². The number of nitrogens with zero attached hydrogens (tertiary/aromatic N) is 3. The average Bonchev–Trinajstić information content (AvgIpc) is 3.17. The Kier molecular flexibility index (Phi) is 5.76. The summed E-state index contributed by atoms with van der Waals surface area (Å²) in [4.78, 5) is 17.1. The molecule has 1 amide bonds. The molecule has 0 saturated carbocycles. The van der Waals surface area contributed by atoms with E-state index in [0.717, 1.165) is 51.1 Å². The number of likely N-dealkylation sites (tertiary alicyclic amines) is 1. The van der Waals surface area contributed by atoms with Gasteiger partial charge in [0.2, 0.25) is 15.9 Å². The summed E-state index contributed by atoms with van der Waals surface area (Å²) in [5, 5.41) is 0. The van der Waals surface area contributed by atoms with Crippen molar-refractivity contribution < 1.29 is 13.2 Å². The Hall–Kier alpha value is -1.44. The molecule has 4 rings (SSSR count). The highest BCUT2D eigenvalue weighted by molar-refractivity contribution is 7.89. The Balaban J connectivity index is 1.33. The van der Waals surface area contributed by atoms with Crippen molar-refractivity contribution in [2.45, 2.75) is 43.9 Å². The van der Waals surface area contributed by atoms with Gasteiger partial charge in [-0.25, -0.2) is 8.42 Å². The van der Waals surface area contributed by atoms with E-state index in [1.54, 1.807) is 6.07 Å². The molecule has 2 fully saturated rings. The zero-order valence-electron chi connectivity index (χ0n) is 16.8. The summed E-state index contributed by atoms with van der Waals surface area (Å²) in [6.07, 6.45) is 5.43. The summed E-state index contributed by atoms with van der Waals surface area (Å²) < 4.78 is 27.6. The predicted octanol–water partition coefficient (Wildman–Crippen LogP) is 1.74. The lowest BCUT2D eigenvalue weighted by Crippen LogP contribution is -2.53. The van der Waals surface area contributed by atoms with Gasteiger partial charge in [-0.1, -0.05) is 13.0 Å². The summed E-state index contributed by atoms with van der Waals surface area (Å²) in [7, 11) is -3.48. The van der Waals surface area contributed by atoms with Gasteiger partial charge in [0, 0.05) is 26.2 Å². The molecule has 2 heterocycles. The molecule has 2 saturated heterocycles. The highest BCUT2D eigenvalue weighted by Crippen LogP contribution is 2.26. The summed E-state index contributed by atoms with van der Waals surface area (Å²) in [5.74, 6) is 0.878. The van der Waals surface area contributed by atoms with E-state index in [1.807, 2.05) is 17.0 Å². The zero-order valence-corrected chi connectivity index (χ0v) is 17.6. The maximum atomic E-state index is 13.0. The average molecular weight is 406 g/mol. The van der Waals surface area contributed by atoms with Crippen LogP contribution in [0.5, 0.6) is 0 Å². The molecule has 154 valence electrons. The lowest BCUT2D eigenvalue weighted by Gasteiger charge is -2.36. The van der Waals surface area contributed by atoms with Gasteiger partial charge in [0.05, 0.1) is 11.4 Å². The highest BCUT2D eigenvalue weighted by atomic mass is 32.2. The summed E-state index contributed by atoms with van der Waals surface area (Å²) in [5.41, 5.74) is 2.45. The molecule has 0 atom stereocenters. The first-order chi connectivity index (χ1) is 13.4. The van der Waals surface area contributed by atoms with Crippen molar-refractivity contribution in [3.05, 3.63) is 29.3 Å². The van der Waals surface area contributed by atoms with Gasteiger partial charge in [-0.05, 0) is 74.4 Å². The molecule has 28 heavy (non-hydrogen) atoms. The number of benzene rings is 1. The predicted molar refractivity (Wildman–Crippen MR) is 109 cm³/mol. The second kappa shape index (κ2) is 8.13. The molecule has 7 heteroatoms. The van der Waals surface area contributed by atoms with Crippen LogP contribution in [0.3, 0.4) is 0 Å². The van der Waals surface area contributed by atoms with E-state index in [9.17, 15) is 13.2 Å². The number of piperazine rings is 1. The molecule has 0 bridgehead atoms. The third-order valence-corrected chi connectivity index (χ3v) is 8.43. The smallest absolute Gasteiger partial charge is 0.243 e. The Labute approximate surface area is 168 Å². The number of rotatable bonds is 4. The maximum absolute atomic E-state index is 13.0. The standard InChI is InChI=1S/C21H31N3O3S/c1-17-7-9-22(10-8-17)16-21(25)23-11-13-24(14-12-23)28(26,27)20-6-5-18-3-2-4-19(18)15-20/h5-6,15,17H,2-4,7-14,16H2,1H3. The van der Waals surface area contributed by atoms with Crippen molar-refractivity contribution in [2.24, 2.45) is 5.92 Å². The van der Waals surface area contributed by atoms with E-state index < -0.39 is 10.0 Å². The van der Waals surface area contributed by atoms with Gasteiger partial charge in [-0.15, -0.1) is 0 Å². The van der Waals surface area contributed by atoms with Crippen molar-refractivity contribution in [1.82, 2.24) is 14.1 Å². The van der Waals surface area contributed by atoms with Crippen molar-refractivity contribution in [2.75, 3.05) is 45.8 Å². The first-order valence-corrected chi connectivity index (χ1v) is 12.0. The fourth-order valence-corrected chi connectivity index (χ4v) is 6.02. The Bertz CT molecular complexity index is 823. The van der Waals surface area contributed by atoms with Crippen LogP contribution in [0.15, 0.2) is 23.1 Å². The molecule has 0 N–H and O–H groups in total. The first-order valence-electron chi connectivity index (χ1n) is 10.6. The summed E-state index contributed by atoms with van der Waals surface area (Å²) >= 11 is 0. The van der Waals surface area contributed by atoms with E-state index in [4.69, 9.17) is 0 Å². The van der Waals surface area contributed by atoms with Gasteiger partial charge in [0.25, 0.3) is 0 Å². The number of fused-ring (bicyclic) bond motifs is 1. The third kappa shape index (κ3) is 4.11. The van der Waals surface area contributed by atoms with E-state index >= 15 is 0 Å². The van der Waals surface area contributed by atoms with E-state index in [-0.39, 0.29) is 5.91 Å². The topological polar surface area (TPSA) is 60.9 Å². The molecular formula is C21H31N3O3S. The molecule has 3 aliphatic rings. The molecule has 0 radical (unpaired) electrons. The molecule has 6 nitrogen and oxygen atoms in total. The molecule has 1 aromatic rings. The van der Waals surface area contributed by atoms with Crippen LogP contribution in [0.4, 0.5) is 0 Å². The molecule has 0 spiro atoms. The number of sulfonamides is 1. The lowest BCUT2D eigenvalue weighted by atomic mass is 9.99. The van der Waals surface area contributed by atoms with Gasteiger partial charge in [0.1, 0.15) is 0 Å². The second-order valence-corrected chi connectivity index (χ2v) is 10.5. The number of hydrogen-bond donors (Lipinski definition) is 0. The van der Waals surface area contributed by atoms with Crippen LogP contribution in [-0.4, -0.2) is 74.2 Å². The number of carbonyl (C=O) groups is 1. The number of carbonyl (C=O) groups excluding carboxylic acids is 1. The van der Waals surface area contributed by atoms with Gasteiger partial charge in [-0.2, -0.15) is 4.31 Å². The maximum Gasteiger partial charge on any atom is 0.243 e. The molecular weight excluding hydrogens is 374 g/mol. The van der Waals surface area contributed by atoms with Crippen molar-refractivity contribution in [3.63, 3.8) is 0 Å². The Morgan fingerprint density at radius 1 is 1.00 bits per heavy atom. The minimum absolute atomic E-state index is 0.129. The van der Waals surface area contributed by atoms with Crippen molar-refractivity contribution in [3.8, 4) is 0 Å². The van der Waals surface area contributed by atoms with E-state index in [0.29, 0.717) is 37.6 Å². The summed E-state index contributed by atoms with van der Waals surface area (Å²) in [6.45, 7) is 6.41. The minimum atomic E-state index is -3.48. The van der Waals surface area contributed by atoms with E-state index in [2.05, 4.69) is 11.8 Å². The van der Waals surface area contributed by atoms with Crippen LogP contribution >= 0.6 is 0 Å². The Morgan fingerprint density at radius 3 is 2.39 bits per heavy atom. The van der Waals surface area contributed by atoms with Crippen molar-refractivity contribution in [1.29, 1.82) is 0 Å². The zero-order chi connectivity index (χ0) is 19.7. The molecule has 1 aliphatic carbocycles. The number of piperidine rings is 1. The lowest BCUT2D eigenvalue weighted by molar-refractivity contribution is -0.133. The van der Waals surface area contributed by atoms with E-state index in [1.165, 1.54) is 15.4 Å². The largest absolute Gasteiger partial charge is 0.339 e. The first kappa shape index (κ1) is 19.9. The van der Waals surface area contributed by atoms with Crippen LogP contribution in [0, 0.1) is 5.92 Å². The van der Waals surface area contributed by atoms with Crippen LogP contribution in [0.2, 0.25) is 0 Å². The van der Waals surface area contributed by atoms with Crippen molar-refractivity contribution >= 4 is 15.9 Å². The molecule has 0 unspecified atom stereocenters. The molecule has 0 aromatic heterocycles. The Morgan fingerprint density at radius 2 is 1.68 bits per heavy atom. The number of hydrogen-bond acceptors (Lipinski definition) is 4. The van der Waals surface area contributed by atoms with Gasteiger partial charge in [-0.3, -0.25) is 9.69 Å².